The lowest BCUT2D eigenvalue weighted by Gasteiger charge is -2.24. The number of nitrogens with one attached hydrogen (secondary N) is 1. The summed E-state index contributed by atoms with van der Waals surface area (Å²) in [7, 11) is 0. The Kier molecular flexibility index (Phi) is 4.51. The van der Waals surface area contributed by atoms with Crippen molar-refractivity contribution in [2.75, 3.05) is 26.3 Å². The summed E-state index contributed by atoms with van der Waals surface area (Å²) in [5, 5.41) is 8.88. The van der Waals surface area contributed by atoms with E-state index in [1.807, 2.05) is 4.31 Å². The van der Waals surface area contributed by atoms with E-state index in [-0.39, 0.29) is 5.91 Å². The lowest BCUT2D eigenvalue weighted by molar-refractivity contribution is -0.126. The van der Waals surface area contributed by atoms with Crippen molar-refractivity contribution in [1.29, 1.82) is 0 Å². The Balaban J connectivity index is 2.13. The number of rotatable bonds is 3. The summed E-state index contributed by atoms with van der Waals surface area (Å²) >= 11 is 1.23. The Morgan fingerprint density at radius 3 is 2.77 bits per heavy atom. The summed E-state index contributed by atoms with van der Waals surface area (Å²) in [5.74, 6) is -0.364. The maximum absolute atomic E-state index is 10.9. The minimum absolute atomic E-state index is 0.364. The standard InChI is InChI=1S/C7H14N2O3S/c1-6(10)7(11)8-13-9-2-4-12-5-3-9/h6,10H,2-5H2,1H3,(H,8,11). The molecule has 1 aliphatic heterocycles. The number of carbonyl (C=O) groups is 1. The highest BCUT2D eigenvalue weighted by Crippen LogP contribution is 2.07. The first-order valence-corrected chi connectivity index (χ1v) is 4.95. The number of hydrogen-bond donors (Lipinski definition) is 2. The molecule has 0 aliphatic carbocycles. The van der Waals surface area contributed by atoms with Crippen molar-refractivity contribution < 1.29 is 14.6 Å². The molecular weight excluding hydrogens is 192 g/mol. The lowest BCUT2D eigenvalue weighted by atomic mass is 10.4. The zero-order valence-corrected chi connectivity index (χ0v) is 8.34. The number of aliphatic hydroxyl groups excluding tert-OH is 1. The highest BCUT2D eigenvalue weighted by molar-refractivity contribution is 7.95. The molecule has 2 N–H and O–H groups in total. The van der Waals surface area contributed by atoms with E-state index in [0.717, 1.165) is 13.1 Å². The van der Waals surface area contributed by atoms with E-state index in [2.05, 4.69) is 4.72 Å². The molecule has 0 bridgehead atoms. The van der Waals surface area contributed by atoms with E-state index in [4.69, 9.17) is 9.84 Å². The maximum Gasteiger partial charge on any atom is 0.259 e. The summed E-state index contributed by atoms with van der Waals surface area (Å²) in [5.41, 5.74) is 0. The van der Waals surface area contributed by atoms with Crippen molar-refractivity contribution in [3.63, 3.8) is 0 Å². The van der Waals surface area contributed by atoms with Crippen molar-refractivity contribution in [2.45, 2.75) is 13.0 Å². The zero-order valence-electron chi connectivity index (χ0n) is 7.52. The lowest BCUT2D eigenvalue weighted by Crippen LogP contribution is -2.36. The van der Waals surface area contributed by atoms with Gasteiger partial charge in [0.05, 0.1) is 13.2 Å². The van der Waals surface area contributed by atoms with Gasteiger partial charge in [0.15, 0.2) is 0 Å². The van der Waals surface area contributed by atoms with Gasteiger partial charge in [0.1, 0.15) is 6.10 Å². The van der Waals surface area contributed by atoms with Gasteiger partial charge in [-0.05, 0) is 6.92 Å². The second-order valence-corrected chi connectivity index (χ2v) is 3.68. The van der Waals surface area contributed by atoms with Gasteiger partial charge in [0.25, 0.3) is 5.91 Å². The van der Waals surface area contributed by atoms with E-state index in [1.165, 1.54) is 19.1 Å². The average molecular weight is 206 g/mol. The normalized spacial score (nSPS) is 21.1. The molecule has 0 aromatic rings. The Morgan fingerprint density at radius 1 is 1.62 bits per heavy atom. The molecule has 1 heterocycles. The van der Waals surface area contributed by atoms with E-state index in [0.29, 0.717) is 13.2 Å². The van der Waals surface area contributed by atoms with Crippen molar-refractivity contribution >= 4 is 18.0 Å². The second-order valence-electron chi connectivity index (χ2n) is 2.77. The number of aliphatic hydroxyl groups is 1. The molecular formula is C7H14N2O3S. The van der Waals surface area contributed by atoms with Crippen LogP contribution in [0.2, 0.25) is 0 Å². The third kappa shape index (κ3) is 3.95. The molecule has 1 rings (SSSR count). The third-order valence-electron chi connectivity index (χ3n) is 1.62. The molecule has 6 heteroatoms. The molecule has 0 spiro atoms. The monoisotopic (exact) mass is 206 g/mol. The van der Waals surface area contributed by atoms with Gasteiger partial charge in [-0.2, -0.15) is 0 Å². The maximum atomic E-state index is 10.9. The fourth-order valence-electron chi connectivity index (χ4n) is 0.833. The van der Waals surface area contributed by atoms with Gasteiger partial charge < -0.3 is 9.84 Å². The van der Waals surface area contributed by atoms with Gasteiger partial charge in [-0.25, -0.2) is 4.31 Å². The van der Waals surface area contributed by atoms with Crippen molar-refractivity contribution in [3.8, 4) is 0 Å². The first-order chi connectivity index (χ1) is 6.20. The van der Waals surface area contributed by atoms with Crippen LogP contribution in [-0.2, 0) is 9.53 Å². The highest BCUT2D eigenvalue weighted by Gasteiger charge is 2.14. The molecule has 0 aromatic carbocycles. The van der Waals surface area contributed by atoms with Crippen molar-refractivity contribution in [1.82, 2.24) is 9.03 Å². The average Bonchev–Trinajstić information content (AvgIpc) is 2.15. The summed E-state index contributed by atoms with van der Waals surface area (Å²) in [6, 6.07) is 0. The Labute approximate surface area is 81.7 Å². The number of carbonyl (C=O) groups excluding carboxylic acids is 1. The fourth-order valence-corrected chi connectivity index (χ4v) is 1.55. The van der Waals surface area contributed by atoms with Crippen LogP contribution >= 0.6 is 12.1 Å². The molecule has 5 nitrogen and oxygen atoms in total. The zero-order chi connectivity index (χ0) is 9.68. The molecule has 1 atom stereocenters. The Morgan fingerprint density at radius 2 is 2.23 bits per heavy atom. The molecule has 1 aliphatic rings. The number of amides is 1. The van der Waals surface area contributed by atoms with Crippen molar-refractivity contribution in [2.24, 2.45) is 0 Å². The molecule has 0 saturated carbocycles. The van der Waals surface area contributed by atoms with Crippen molar-refractivity contribution in [3.05, 3.63) is 0 Å². The number of ether oxygens (including phenoxy) is 1. The van der Waals surface area contributed by atoms with Gasteiger partial charge in [-0.3, -0.25) is 9.52 Å². The highest BCUT2D eigenvalue weighted by atomic mass is 32.2. The summed E-state index contributed by atoms with van der Waals surface area (Å²) in [6.45, 7) is 4.42. The number of morpholine rings is 1. The predicted octanol–water partition coefficient (Wildman–Crippen LogP) is -0.621. The van der Waals surface area contributed by atoms with Crippen LogP contribution in [0.3, 0.4) is 0 Å². The van der Waals surface area contributed by atoms with Crippen LogP contribution in [-0.4, -0.2) is 47.7 Å². The van der Waals surface area contributed by atoms with E-state index in [1.54, 1.807) is 0 Å². The summed E-state index contributed by atoms with van der Waals surface area (Å²) in [6.07, 6.45) is -0.950. The minimum atomic E-state index is -0.950. The molecule has 1 unspecified atom stereocenters. The second kappa shape index (κ2) is 5.43. The molecule has 76 valence electrons. The van der Waals surface area contributed by atoms with Gasteiger partial charge in [0, 0.05) is 25.2 Å². The summed E-state index contributed by atoms with van der Waals surface area (Å²) < 4.78 is 9.68. The minimum Gasteiger partial charge on any atom is -0.384 e. The van der Waals surface area contributed by atoms with Crippen LogP contribution in [0.5, 0.6) is 0 Å². The molecule has 1 saturated heterocycles. The molecule has 1 fully saturated rings. The molecule has 1 amide bonds. The third-order valence-corrected chi connectivity index (χ3v) is 2.54. The van der Waals surface area contributed by atoms with Crippen LogP contribution in [0, 0.1) is 0 Å². The fraction of sp³-hybridized carbons (Fsp3) is 0.857. The van der Waals surface area contributed by atoms with E-state index in [9.17, 15) is 4.79 Å². The first kappa shape index (κ1) is 10.8. The van der Waals surface area contributed by atoms with E-state index < -0.39 is 6.10 Å². The van der Waals surface area contributed by atoms with Crippen LogP contribution in [0.4, 0.5) is 0 Å². The smallest absolute Gasteiger partial charge is 0.259 e. The quantitative estimate of drug-likeness (QED) is 0.603. The molecule has 0 aromatic heterocycles. The van der Waals surface area contributed by atoms with Gasteiger partial charge >= 0.3 is 0 Å². The van der Waals surface area contributed by atoms with Crippen LogP contribution in [0.1, 0.15) is 6.92 Å². The Bertz CT molecular complexity index is 171. The van der Waals surface area contributed by atoms with Crippen LogP contribution < -0.4 is 4.72 Å². The summed E-state index contributed by atoms with van der Waals surface area (Å²) in [4.78, 5) is 10.9. The number of nitrogens with zero attached hydrogens (tertiary/aromatic N) is 1. The SMILES string of the molecule is CC(O)C(=O)NSN1CCOCC1. The predicted molar refractivity (Wildman–Crippen MR) is 49.8 cm³/mol. The largest absolute Gasteiger partial charge is 0.384 e. The van der Waals surface area contributed by atoms with E-state index >= 15 is 0 Å². The first-order valence-electron chi connectivity index (χ1n) is 4.17. The number of hydrogen-bond acceptors (Lipinski definition) is 5. The topological polar surface area (TPSA) is 61.8 Å². The van der Waals surface area contributed by atoms with Gasteiger partial charge in [-0.1, -0.05) is 0 Å². The van der Waals surface area contributed by atoms with Crippen LogP contribution in [0.15, 0.2) is 0 Å². The Hall–Kier alpha value is -0.300. The van der Waals surface area contributed by atoms with Crippen LogP contribution in [0.25, 0.3) is 0 Å². The molecule has 13 heavy (non-hydrogen) atoms. The van der Waals surface area contributed by atoms with Gasteiger partial charge in [0.2, 0.25) is 0 Å². The van der Waals surface area contributed by atoms with Gasteiger partial charge in [-0.15, -0.1) is 0 Å². The molecule has 0 radical (unpaired) electrons.